The lowest BCUT2D eigenvalue weighted by atomic mass is 10.2. The van der Waals surface area contributed by atoms with Gasteiger partial charge in [-0.25, -0.2) is 0 Å². The minimum Gasteiger partial charge on any atom is -0.494 e. The number of para-hydroxylation sites is 1. The molecule has 0 saturated carbocycles. The predicted molar refractivity (Wildman–Crippen MR) is 89.3 cm³/mol. The highest BCUT2D eigenvalue weighted by Crippen LogP contribution is 2.27. The molecule has 3 rings (SSSR count). The average Bonchev–Trinajstić information content (AvgIpc) is 2.83. The average molecular weight is 319 g/mol. The van der Waals surface area contributed by atoms with Crippen molar-refractivity contribution >= 4 is 34.9 Å². The number of hydrogen-bond acceptors (Lipinski definition) is 2. The molecule has 0 atom stereocenters. The molecule has 1 N–H and O–H groups in total. The molecular formula is C16H15ClN2OS. The van der Waals surface area contributed by atoms with Crippen LogP contribution in [0.5, 0.6) is 5.75 Å². The largest absolute Gasteiger partial charge is 0.494 e. The topological polar surface area (TPSA) is 29.9 Å². The van der Waals surface area contributed by atoms with Gasteiger partial charge in [0, 0.05) is 5.69 Å². The number of nitrogens with one attached hydrogen (secondary N) is 1. The number of H-pyrrole nitrogens is 1. The van der Waals surface area contributed by atoms with Crippen LogP contribution >= 0.6 is 23.8 Å². The third kappa shape index (κ3) is 2.69. The standard InChI is InChI=1S/C16H15ClN2OS/c1-2-10-20-12-8-6-11(7-9-12)19-15-13(17)4-3-5-14(15)18-16(19)21/h3-9H,2,10H2,1H3,(H,18,21). The third-order valence-electron chi connectivity index (χ3n) is 3.22. The molecule has 3 nitrogen and oxygen atoms in total. The molecule has 1 aromatic heterocycles. The number of hydrogen-bond donors (Lipinski definition) is 1. The Morgan fingerprint density at radius 2 is 1.95 bits per heavy atom. The van der Waals surface area contributed by atoms with Gasteiger partial charge in [0.15, 0.2) is 4.77 Å². The van der Waals surface area contributed by atoms with Crippen molar-refractivity contribution in [3.8, 4) is 11.4 Å². The Morgan fingerprint density at radius 3 is 2.67 bits per heavy atom. The Morgan fingerprint density at radius 1 is 1.19 bits per heavy atom. The Kier molecular flexibility index (Phi) is 3.99. The molecule has 0 aliphatic rings. The molecule has 5 heteroatoms. The van der Waals surface area contributed by atoms with E-state index < -0.39 is 0 Å². The molecule has 0 amide bonds. The van der Waals surface area contributed by atoms with Crippen molar-refractivity contribution < 1.29 is 4.74 Å². The number of aromatic nitrogens is 2. The number of benzene rings is 2. The maximum atomic E-state index is 6.31. The van der Waals surface area contributed by atoms with E-state index in [2.05, 4.69) is 11.9 Å². The Balaban J connectivity index is 2.08. The number of halogens is 1. The molecule has 2 aromatic carbocycles. The van der Waals surface area contributed by atoms with E-state index in [-0.39, 0.29) is 0 Å². The molecule has 0 unspecified atom stereocenters. The highest BCUT2D eigenvalue weighted by molar-refractivity contribution is 7.71. The predicted octanol–water partition coefficient (Wildman–Crippen LogP) is 5.13. The highest BCUT2D eigenvalue weighted by atomic mass is 35.5. The fourth-order valence-electron chi connectivity index (χ4n) is 2.27. The zero-order chi connectivity index (χ0) is 14.8. The summed E-state index contributed by atoms with van der Waals surface area (Å²) in [6.45, 7) is 2.80. The summed E-state index contributed by atoms with van der Waals surface area (Å²) >= 11 is 11.7. The van der Waals surface area contributed by atoms with Crippen LogP contribution in [0.3, 0.4) is 0 Å². The molecule has 1 heterocycles. The summed E-state index contributed by atoms with van der Waals surface area (Å²) < 4.78 is 8.17. The molecule has 0 saturated heterocycles. The number of ether oxygens (including phenoxy) is 1. The minimum absolute atomic E-state index is 0.625. The molecule has 0 aliphatic heterocycles. The lowest BCUT2D eigenvalue weighted by Crippen LogP contribution is -1.97. The maximum Gasteiger partial charge on any atom is 0.182 e. The normalized spacial score (nSPS) is 11.0. The van der Waals surface area contributed by atoms with Crippen LogP contribution in [0, 0.1) is 4.77 Å². The minimum atomic E-state index is 0.625. The third-order valence-corrected chi connectivity index (χ3v) is 3.81. The molecular weight excluding hydrogens is 304 g/mol. The van der Waals surface area contributed by atoms with E-state index in [1.807, 2.05) is 47.0 Å². The van der Waals surface area contributed by atoms with Gasteiger partial charge in [-0.1, -0.05) is 24.6 Å². The Labute approximate surface area is 133 Å². The summed E-state index contributed by atoms with van der Waals surface area (Å²) in [5.41, 5.74) is 2.79. The molecule has 0 radical (unpaired) electrons. The summed E-state index contributed by atoms with van der Waals surface area (Å²) in [5, 5.41) is 0.672. The molecule has 3 aromatic rings. The number of nitrogens with zero attached hydrogens (tertiary/aromatic N) is 1. The molecule has 0 bridgehead atoms. The van der Waals surface area contributed by atoms with Crippen molar-refractivity contribution in [1.82, 2.24) is 9.55 Å². The number of fused-ring (bicyclic) bond motifs is 1. The van der Waals surface area contributed by atoms with E-state index in [0.717, 1.165) is 35.5 Å². The SMILES string of the molecule is CCCOc1ccc(-n2c(=S)[nH]c3cccc(Cl)c32)cc1. The van der Waals surface area contributed by atoms with Crippen molar-refractivity contribution in [2.45, 2.75) is 13.3 Å². The van der Waals surface area contributed by atoms with E-state index in [1.54, 1.807) is 0 Å². The first-order chi connectivity index (χ1) is 10.2. The van der Waals surface area contributed by atoms with Gasteiger partial charge in [0.1, 0.15) is 5.75 Å². The van der Waals surface area contributed by atoms with Gasteiger partial charge in [0.05, 0.1) is 22.7 Å². The molecule has 0 spiro atoms. The van der Waals surface area contributed by atoms with Gasteiger partial charge in [0.25, 0.3) is 0 Å². The van der Waals surface area contributed by atoms with Crippen molar-refractivity contribution in [3.05, 3.63) is 52.3 Å². The smallest absolute Gasteiger partial charge is 0.182 e. The monoisotopic (exact) mass is 318 g/mol. The van der Waals surface area contributed by atoms with E-state index >= 15 is 0 Å². The first kappa shape index (κ1) is 14.2. The van der Waals surface area contributed by atoms with E-state index in [9.17, 15) is 0 Å². The summed E-state index contributed by atoms with van der Waals surface area (Å²) in [4.78, 5) is 3.18. The van der Waals surface area contributed by atoms with Crippen LogP contribution in [-0.4, -0.2) is 16.2 Å². The fraction of sp³-hybridized carbons (Fsp3) is 0.188. The van der Waals surface area contributed by atoms with Gasteiger partial charge in [-0.3, -0.25) is 4.57 Å². The van der Waals surface area contributed by atoms with E-state index in [0.29, 0.717) is 9.79 Å². The lowest BCUT2D eigenvalue weighted by molar-refractivity contribution is 0.317. The van der Waals surface area contributed by atoms with Gasteiger partial charge >= 0.3 is 0 Å². The van der Waals surface area contributed by atoms with Gasteiger partial charge in [-0.05, 0) is 55.0 Å². The Hall–Kier alpha value is -1.78. The van der Waals surface area contributed by atoms with Gasteiger partial charge in [-0.15, -0.1) is 0 Å². The van der Waals surface area contributed by atoms with Gasteiger partial charge in [-0.2, -0.15) is 0 Å². The number of rotatable bonds is 4. The van der Waals surface area contributed by atoms with Crippen molar-refractivity contribution in [1.29, 1.82) is 0 Å². The highest BCUT2D eigenvalue weighted by Gasteiger charge is 2.09. The number of aromatic amines is 1. The Bertz CT molecular complexity index is 820. The van der Waals surface area contributed by atoms with Crippen LogP contribution in [-0.2, 0) is 0 Å². The maximum absolute atomic E-state index is 6.31. The summed E-state index contributed by atoms with van der Waals surface area (Å²) in [6, 6.07) is 13.6. The second kappa shape index (κ2) is 5.92. The molecule has 21 heavy (non-hydrogen) atoms. The van der Waals surface area contributed by atoms with Gasteiger partial charge in [0.2, 0.25) is 0 Å². The second-order valence-electron chi connectivity index (χ2n) is 4.74. The second-order valence-corrected chi connectivity index (χ2v) is 5.54. The van der Waals surface area contributed by atoms with Crippen LogP contribution in [0.4, 0.5) is 0 Å². The summed E-state index contributed by atoms with van der Waals surface area (Å²) in [5.74, 6) is 0.859. The molecule has 0 fully saturated rings. The summed E-state index contributed by atoms with van der Waals surface area (Å²) in [6.07, 6.45) is 0.991. The van der Waals surface area contributed by atoms with E-state index in [1.165, 1.54) is 0 Å². The van der Waals surface area contributed by atoms with Crippen LogP contribution in [0.2, 0.25) is 5.02 Å². The van der Waals surface area contributed by atoms with E-state index in [4.69, 9.17) is 28.6 Å². The molecule has 108 valence electrons. The van der Waals surface area contributed by atoms with Gasteiger partial charge < -0.3 is 9.72 Å². The van der Waals surface area contributed by atoms with Crippen molar-refractivity contribution in [2.24, 2.45) is 0 Å². The van der Waals surface area contributed by atoms with Crippen LogP contribution in [0.15, 0.2) is 42.5 Å². The quantitative estimate of drug-likeness (QED) is 0.676. The summed E-state index contributed by atoms with van der Waals surface area (Å²) in [7, 11) is 0. The van der Waals surface area contributed by atoms with Crippen LogP contribution in [0.1, 0.15) is 13.3 Å². The zero-order valence-corrected chi connectivity index (χ0v) is 13.2. The molecule has 0 aliphatic carbocycles. The fourth-order valence-corrected chi connectivity index (χ4v) is 2.84. The van der Waals surface area contributed by atoms with Crippen LogP contribution in [0.25, 0.3) is 16.7 Å². The van der Waals surface area contributed by atoms with Crippen molar-refractivity contribution in [3.63, 3.8) is 0 Å². The lowest BCUT2D eigenvalue weighted by Gasteiger charge is -2.08. The van der Waals surface area contributed by atoms with Crippen molar-refractivity contribution in [2.75, 3.05) is 6.61 Å². The van der Waals surface area contributed by atoms with Crippen LogP contribution < -0.4 is 4.74 Å². The first-order valence-electron chi connectivity index (χ1n) is 6.83. The first-order valence-corrected chi connectivity index (χ1v) is 7.62. The number of imidazole rings is 1. The zero-order valence-electron chi connectivity index (χ0n) is 11.6.